The highest BCUT2D eigenvalue weighted by atomic mass is 16.5. The Bertz CT molecular complexity index is 1750. The summed E-state index contributed by atoms with van der Waals surface area (Å²) in [5.41, 5.74) is 6.75. The van der Waals surface area contributed by atoms with Gasteiger partial charge in [-0.2, -0.15) is 0 Å². The van der Waals surface area contributed by atoms with Gasteiger partial charge in [-0.05, 0) is 53.8 Å². The summed E-state index contributed by atoms with van der Waals surface area (Å²) < 4.78 is 13.2. The average molecular weight is 525 g/mol. The molecule has 3 aromatic carbocycles. The molecule has 0 spiro atoms. The number of nitrogens with zero attached hydrogens (tertiary/aromatic N) is 4. The van der Waals surface area contributed by atoms with Crippen LogP contribution in [0.3, 0.4) is 0 Å². The molecule has 3 heterocycles. The van der Waals surface area contributed by atoms with Crippen molar-refractivity contribution in [1.29, 1.82) is 0 Å². The molecule has 1 amide bonds. The Labute approximate surface area is 224 Å². The van der Waals surface area contributed by atoms with E-state index in [4.69, 9.17) is 9.15 Å². The maximum atomic E-state index is 13.5. The van der Waals surface area contributed by atoms with E-state index in [1.54, 1.807) is 23.7 Å². The summed E-state index contributed by atoms with van der Waals surface area (Å²) in [5, 5.41) is 19.1. The lowest BCUT2D eigenvalue weighted by atomic mass is 9.82. The molecule has 0 fully saturated rings. The van der Waals surface area contributed by atoms with E-state index in [0.29, 0.717) is 42.1 Å². The number of aliphatic carboxylic acids is 1. The molecular formula is C30H28N4O5. The average Bonchev–Trinajstić information content (AvgIpc) is 3.49. The zero-order chi connectivity index (χ0) is 27.3. The zero-order valence-electron chi connectivity index (χ0n) is 22.0. The number of furan rings is 1. The van der Waals surface area contributed by atoms with Crippen molar-refractivity contribution in [2.75, 3.05) is 13.7 Å². The molecule has 5 aromatic rings. The number of fused-ring (bicyclic) bond motifs is 3. The van der Waals surface area contributed by atoms with Gasteiger partial charge >= 0.3 is 5.97 Å². The molecule has 1 atom stereocenters. The van der Waals surface area contributed by atoms with Crippen molar-refractivity contribution in [3.05, 3.63) is 88.2 Å². The van der Waals surface area contributed by atoms with Crippen molar-refractivity contribution in [2.45, 2.75) is 32.2 Å². The first-order valence-electron chi connectivity index (χ1n) is 12.8. The molecule has 0 saturated carbocycles. The Morgan fingerprint density at radius 3 is 2.74 bits per heavy atom. The van der Waals surface area contributed by atoms with Crippen LogP contribution in [-0.2, 0) is 24.8 Å². The molecule has 198 valence electrons. The zero-order valence-corrected chi connectivity index (χ0v) is 22.0. The lowest BCUT2D eigenvalue weighted by Gasteiger charge is -2.31. The van der Waals surface area contributed by atoms with Gasteiger partial charge in [-0.3, -0.25) is 9.59 Å². The van der Waals surface area contributed by atoms with Gasteiger partial charge in [0, 0.05) is 37.0 Å². The summed E-state index contributed by atoms with van der Waals surface area (Å²) >= 11 is 0. The molecule has 0 aliphatic carbocycles. The SMILES string of the molecule is COc1cc(C(CC(=O)O)c2cccc3c2CCN(C(=O)c2oc4ccccc4c2C)C3)cc2nnn(C)c12. The number of carbonyl (C=O) groups is 2. The standard InChI is InChI=1S/C30H28N4O5/c1-17-20-8-4-5-10-25(20)39-29(17)30(37)34-12-11-21-18(16-34)7-6-9-22(21)23(15-27(35)36)19-13-24-28(26(14-19)38-3)33(2)32-31-24/h4-10,13-14,23H,11-12,15-16H2,1-3H3,(H,35,36). The largest absolute Gasteiger partial charge is 0.494 e. The number of rotatable bonds is 6. The van der Waals surface area contributed by atoms with E-state index in [1.165, 1.54) is 0 Å². The molecule has 1 aliphatic heterocycles. The van der Waals surface area contributed by atoms with Crippen LogP contribution in [0.2, 0.25) is 0 Å². The van der Waals surface area contributed by atoms with Gasteiger partial charge in [0.25, 0.3) is 5.91 Å². The number of ether oxygens (including phenoxy) is 1. The molecule has 9 nitrogen and oxygen atoms in total. The van der Waals surface area contributed by atoms with Crippen molar-refractivity contribution in [3.8, 4) is 5.75 Å². The molecule has 6 rings (SSSR count). The number of carboxylic acid groups (broad SMARTS) is 1. The second-order valence-corrected chi connectivity index (χ2v) is 9.97. The number of aryl methyl sites for hydroxylation is 2. The Morgan fingerprint density at radius 1 is 1.15 bits per heavy atom. The molecule has 0 bridgehead atoms. The quantitative estimate of drug-likeness (QED) is 0.338. The summed E-state index contributed by atoms with van der Waals surface area (Å²) in [4.78, 5) is 27.3. The Kier molecular flexibility index (Phi) is 6.06. The molecular weight excluding hydrogens is 496 g/mol. The summed E-state index contributed by atoms with van der Waals surface area (Å²) in [5.74, 6) is -0.502. The first-order valence-corrected chi connectivity index (χ1v) is 12.8. The van der Waals surface area contributed by atoms with Crippen LogP contribution in [0.4, 0.5) is 0 Å². The molecule has 1 N–H and O–H groups in total. The number of hydrogen-bond acceptors (Lipinski definition) is 6. The molecule has 0 saturated heterocycles. The highest BCUT2D eigenvalue weighted by molar-refractivity contribution is 5.99. The highest BCUT2D eigenvalue weighted by Gasteiger charge is 2.30. The van der Waals surface area contributed by atoms with Gasteiger partial charge < -0.3 is 19.2 Å². The van der Waals surface area contributed by atoms with Crippen LogP contribution < -0.4 is 4.74 Å². The maximum absolute atomic E-state index is 13.5. The van der Waals surface area contributed by atoms with E-state index in [1.807, 2.05) is 61.5 Å². The van der Waals surface area contributed by atoms with Gasteiger partial charge in [-0.25, -0.2) is 4.68 Å². The Hall–Kier alpha value is -4.66. The van der Waals surface area contributed by atoms with Crippen LogP contribution in [0.15, 0.2) is 59.0 Å². The smallest absolute Gasteiger partial charge is 0.304 e. The molecule has 0 radical (unpaired) electrons. The first kappa shape index (κ1) is 24.7. The number of aromatic nitrogens is 3. The second kappa shape index (κ2) is 9.58. The second-order valence-electron chi connectivity index (χ2n) is 9.97. The summed E-state index contributed by atoms with van der Waals surface area (Å²) in [7, 11) is 3.37. The number of carbonyl (C=O) groups excluding carboxylic acids is 1. The summed E-state index contributed by atoms with van der Waals surface area (Å²) in [6.45, 7) is 2.84. The van der Waals surface area contributed by atoms with Crippen molar-refractivity contribution in [1.82, 2.24) is 19.9 Å². The predicted octanol–water partition coefficient (Wildman–Crippen LogP) is 4.84. The van der Waals surface area contributed by atoms with E-state index in [2.05, 4.69) is 10.3 Å². The maximum Gasteiger partial charge on any atom is 0.304 e. The monoisotopic (exact) mass is 524 g/mol. The third kappa shape index (κ3) is 4.20. The van der Waals surface area contributed by atoms with E-state index in [-0.39, 0.29) is 12.3 Å². The van der Waals surface area contributed by atoms with Gasteiger partial charge in [-0.1, -0.05) is 41.6 Å². The number of hydrogen-bond donors (Lipinski definition) is 1. The van der Waals surface area contributed by atoms with Crippen molar-refractivity contribution in [2.24, 2.45) is 7.05 Å². The first-order chi connectivity index (χ1) is 18.9. The third-order valence-electron chi connectivity index (χ3n) is 7.69. The number of para-hydroxylation sites is 1. The minimum atomic E-state index is -0.899. The molecule has 9 heteroatoms. The van der Waals surface area contributed by atoms with E-state index >= 15 is 0 Å². The van der Waals surface area contributed by atoms with Crippen molar-refractivity contribution >= 4 is 33.9 Å². The summed E-state index contributed by atoms with van der Waals surface area (Å²) in [6.07, 6.45) is 0.517. The number of benzene rings is 3. The van der Waals surface area contributed by atoms with Crippen LogP contribution in [0, 0.1) is 6.92 Å². The van der Waals surface area contributed by atoms with Gasteiger partial charge in [0.1, 0.15) is 22.4 Å². The van der Waals surface area contributed by atoms with Gasteiger partial charge in [0.15, 0.2) is 5.76 Å². The van der Waals surface area contributed by atoms with Crippen LogP contribution in [0.25, 0.3) is 22.0 Å². The lowest BCUT2D eigenvalue weighted by Crippen LogP contribution is -2.36. The normalized spacial score (nSPS) is 14.0. The topological polar surface area (TPSA) is 111 Å². The van der Waals surface area contributed by atoms with Crippen molar-refractivity contribution in [3.63, 3.8) is 0 Å². The minimum absolute atomic E-state index is 0.0911. The van der Waals surface area contributed by atoms with Crippen LogP contribution in [0.1, 0.15) is 50.7 Å². The summed E-state index contributed by atoms with van der Waals surface area (Å²) in [6, 6.07) is 17.3. The third-order valence-corrected chi connectivity index (χ3v) is 7.69. The fourth-order valence-electron chi connectivity index (χ4n) is 5.77. The van der Waals surface area contributed by atoms with Gasteiger partial charge in [0.2, 0.25) is 0 Å². The fraction of sp³-hybridized carbons (Fsp3) is 0.267. The van der Waals surface area contributed by atoms with E-state index < -0.39 is 11.9 Å². The minimum Gasteiger partial charge on any atom is -0.494 e. The van der Waals surface area contributed by atoms with Crippen LogP contribution in [0.5, 0.6) is 5.75 Å². The number of amides is 1. The number of methoxy groups -OCH3 is 1. The number of carboxylic acids is 1. The Morgan fingerprint density at radius 2 is 1.97 bits per heavy atom. The van der Waals surface area contributed by atoms with E-state index in [9.17, 15) is 14.7 Å². The molecule has 1 unspecified atom stereocenters. The Balaban J connectivity index is 1.37. The van der Waals surface area contributed by atoms with Crippen LogP contribution in [-0.4, -0.2) is 50.5 Å². The van der Waals surface area contributed by atoms with E-state index in [0.717, 1.165) is 38.7 Å². The molecule has 39 heavy (non-hydrogen) atoms. The van der Waals surface area contributed by atoms with Gasteiger partial charge in [0.05, 0.1) is 13.5 Å². The fourth-order valence-corrected chi connectivity index (χ4v) is 5.77. The van der Waals surface area contributed by atoms with Gasteiger partial charge in [-0.15, -0.1) is 5.10 Å². The highest BCUT2D eigenvalue weighted by Crippen LogP contribution is 2.38. The predicted molar refractivity (Wildman–Crippen MR) is 145 cm³/mol. The lowest BCUT2D eigenvalue weighted by molar-refractivity contribution is -0.137. The van der Waals surface area contributed by atoms with Crippen LogP contribution >= 0.6 is 0 Å². The molecule has 2 aromatic heterocycles. The molecule has 1 aliphatic rings. The van der Waals surface area contributed by atoms with Crippen molar-refractivity contribution < 1.29 is 23.8 Å².